The first-order valence-electron chi connectivity index (χ1n) is 27.0. The minimum absolute atomic E-state index is 0.00531. The molecule has 8 amide bonds. The minimum atomic E-state index is -1.78. The third-order valence-corrected chi connectivity index (χ3v) is 13.3. The zero-order chi connectivity index (χ0) is 59.8. The Kier molecular flexibility index (Phi) is 27.8. The standard InChI is InChI=1S/C52H84N14O14/c1-27(2)22-32(54)50(78)66-21-11-16-40(66)48(76)64-39(26-67)47(75)65-42(29(5)68)49(77)63-37(23-28(3)4)45(73)62-38(24-30-25-58-33-13-7-6-12-31(30)33)46(74)60-35(17-18-41(69)70)44(72)59-34(15-10-20-57-52(55)56)43(71)61-36(51(79)80)14-8-9-19-53/h6-7,12-13,25,27-29,32,34-40,42,58,67-68H,8-11,14-24,26,53-54H2,1-5H3,(H,59,72)(H,60,74)(H,61,71)(H,62,73)(H,63,77)(H,64,76)(H,65,75)(H,69,70)(H,79,80)(H4,55,56,57)/t29-,32+,34+,35+,36+,37+,38+,39+,40+,42+/m1/s1. The molecule has 1 saturated heterocycles. The maximum absolute atomic E-state index is 14.6. The van der Waals surface area contributed by atoms with Gasteiger partial charge >= 0.3 is 11.9 Å². The molecule has 2 heterocycles. The van der Waals surface area contributed by atoms with E-state index in [9.17, 15) is 68.4 Å². The summed E-state index contributed by atoms with van der Waals surface area (Å²) in [7, 11) is 0. The summed E-state index contributed by atoms with van der Waals surface area (Å²) in [5.41, 5.74) is 23.8. The number of benzene rings is 1. The van der Waals surface area contributed by atoms with Gasteiger partial charge < -0.3 is 90.5 Å². The Morgan fingerprint density at radius 3 is 1.85 bits per heavy atom. The van der Waals surface area contributed by atoms with E-state index in [0.717, 1.165) is 0 Å². The molecule has 0 spiro atoms. The number of nitrogens with zero attached hydrogens (tertiary/aromatic N) is 2. The van der Waals surface area contributed by atoms with Crippen molar-refractivity contribution >= 4 is 76.1 Å². The monoisotopic (exact) mass is 1130 g/mol. The van der Waals surface area contributed by atoms with Crippen LogP contribution < -0.4 is 60.2 Å². The number of nitrogens with two attached hydrogens (primary N) is 4. The van der Waals surface area contributed by atoms with Gasteiger partial charge in [-0.15, -0.1) is 0 Å². The third kappa shape index (κ3) is 21.7. The molecule has 3 rings (SSSR count). The number of aliphatic hydroxyl groups excluding tert-OH is 2. The first kappa shape index (κ1) is 66.8. The van der Waals surface area contributed by atoms with Crippen molar-refractivity contribution in [2.75, 3.05) is 26.2 Å². The largest absolute Gasteiger partial charge is 0.481 e. The van der Waals surface area contributed by atoms with Gasteiger partial charge in [-0.2, -0.15) is 0 Å². The number of rotatable bonds is 35. The predicted octanol–water partition coefficient (Wildman–Crippen LogP) is -2.98. The van der Waals surface area contributed by atoms with E-state index in [1.807, 2.05) is 13.8 Å². The van der Waals surface area contributed by atoms with Gasteiger partial charge in [0, 0.05) is 43.0 Å². The number of nitrogens with one attached hydrogen (secondary N) is 8. The van der Waals surface area contributed by atoms with Crippen molar-refractivity contribution in [3.8, 4) is 0 Å². The zero-order valence-corrected chi connectivity index (χ0v) is 46.2. The molecule has 20 N–H and O–H groups in total. The molecule has 0 radical (unpaired) electrons. The molecule has 80 heavy (non-hydrogen) atoms. The van der Waals surface area contributed by atoms with Crippen LogP contribution in [0.25, 0.3) is 10.9 Å². The van der Waals surface area contributed by atoms with Crippen LogP contribution in [-0.4, -0.2) is 182 Å². The SMILES string of the molecule is CC(C)C[C@H](NC(=O)[C@@H](NC(=O)[C@H](CO)NC(=O)[C@@H]1CCCN1C(=O)[C@@H](N)CC(C)C)[C@@H](C)O)C(=O)N[C@@H](Cc1c[nH]c2ccccc12)C(=O)N[C@@H](CCC(=O)O)C(=O)N[C@@H](CCCN=C(N)N)C(=O)N[C@@H](CCCCN)C(=O)O. The first-order valence-corrected chi connectivity index (χ1v) is 27.0. The van der Waals surface area contributed by atoms with Crippen LogP contribution in [0.4, 0.5) is 0 Å². The smallest absolute Gasteiger partial charge is 0.326 e. The molecule has 1 aromatic carbocycles. The van der Waals surface area contributed by atoms with Crippen LogP contribution in [0.1, 0.15) is 111 Å². The Balaban J connectivity index is 1.93. The highest BCUT2D eigenvalue weighted by atomic mass is 16.4. The van der Waals surface area contributed by atoms with E-state index >= 15 is 0 Å². The van der Waals surface area contributed by atoms with E-state index in [2.05, 4.69) is 47.2 Å². The molecule has 0 saturated carbocycles. The van der Waals surface area contributed by atoms with Gasteiger partial charge in [0.1, 0.15) is 48.3 Å². The van der Waals surface area contributed by atoms with Crippen LogP contribution in [0.5, 0.6) is 0 Å². The number of carboxylic acids is 2. The highest BCUT2D eigenvalue weighted by Crippen LogP contribution is 2.22. The topological polar surface area (TPSA) is 471 Å². The number of aromatic amines is 1. The summed E-state index contributed by atoms with van der Waals surface area (Å²) in [6.07, 6.45) is 0.381. The van der Waals surface area contributed by atoms with Gasteiger partial charge in [-0.3, -0.25) is 48.1 Å². The van der Waals surface area contributed by atoms with E-state index in [1.165, 1.54) is 11.8 Å². The first-order chi connectivity index (χ1) is 37.8. The number of para-hydroxylation sites is 1. The average Bonchev–Trinajstić information content (AvgIpc) is 4.05. The molecule has 1 aliphatic heterocycles. The molecular weight excluding hydrogens is 1040 g/mol. The summed E-state index contributed by atoms with van der Waals surface area (Å²) in [6, 6.07) is -5.78. The van der Waals surface area contributed by atoms with Gasteiger partial charge in [0.05, 0.1) is 18.8 Å². The number of hydrogen-bond acceptors (Lipinski definition) is 15. The lowest BCUT2D eigenvalue weighted by atomic mass is 9.99. The lowest BCUT2D eigenvalue weighted by Crippen LogP contribution is -2.62. The summed E-state index contributed by atoms with van der Waals surface area (Å²) in [5, 5.41) is 58.7. The highest BCUT2D eigenvalue weighted by Gasteiger charge is 2.40. The van der Waals surface area contributed by atoms with Crippen molar-refractivity contribution in [3.63, 3.8) is 0 Å². The fourth-order valence-corrected chi connectivity index (χ4v) is 9.09. The molecule has 1 aromatic heterocycles. The van der Waals surface area contributed by atoms with Crippen molar-refractivity contribution in [1.29, 1.82) is 0 Å². The molecular formula is C52H84N14O14. The number of carboxylic acid groups (broad SMARTS) is 2. The Hall–Kier alpha value is -7.43. The van der Waals surface area contributed by atoms with E-state index in [0.29, 0.717) is 42.1 Å². The number of fused-ring (bicyclic) bond motifs is 1. The fourth-order valence-electron chi connectivity index (χ4n) is 9.09. The lowest BCUT2D eigenvalue weighted by Gasteiger charge is -2.30. The number of guanidine groups is 1. The summed E-state index contributed by atoms with van der Waals surface area (Å²) in [5.74, 6) is -10.4. The summed E-state index contributed by atoms with van der Waals surface area (Å²) in [6.45, 7) is 8.00. The van der Waals surface area contributed by atoms with Crippen molar-refractivity contribution in [1.82, 2.24) is 47.1 Å². The van der Waals surface area contributed by atoms with E-state index in [4.69, 9.17) is 22.9 Å². The number of aromatic nitrogens is 1. The summed E-state index contributed by atoms with van der Waals surface area (Å²) < 4.78 is 0. The molecule has 28 heteroatoms. The van der Waals surface area contributed by atoms with Crippen molar-refractivity contribution in [2.24, 2.45) is 39.8 Å². The molecule has 0 unspecified atom stereocenters. The molecule has 28 nitrogen and oxygen atoms in total. The fraction of sp³-hybridized carbons (Fsp3) is 0.635. The third-order valence-electron chi connectivity index (χ3n) is 13.3. The highest BCUT2D eigenvalue weighted by molar-refractivity contribution is 5.99. The van der Waals surface area contributed by atoms with Gasteiger partial charge in [0.15, 0.2) is 5.96 Å². The maximum Gasteiger partial charge on any atom is 0.326 e. The predicted molar refractivity (Wildman–Crippen MR) is 293 cm³/mol. The molecule has 0 bridgehead atoms. The van der Waals surface area contributed by atoms with Gasteiger partial charge in [0.2, 0.25) is 47.3 Å². The Morgan fingerprint density at radius 2 is 1.26 bits per heavy atom. The number of aliphatic carboxylic acids is 2. The second kappa shape index (κ2) is 33.2. The van der Waals surface area contributed by atoms with Gasteiger partial charge in [-0.1, -0.05) is 45.9 Å². The van der Waals surface area contributed by atoms with Crippen LogP contribution in [0, 0.1) is 11.8 Å². The Labute approximate surface area is 464 Å². The van der Waals surface area contributed by atoms with E-state index in [-0.39, 0.29) is 76.0 Å². The van der Waals surface area contributed by atoms with Crippen LogP contribution in [0.3, 0.4) is 0 Å². The number of hydrogen-bond donors (Lipinski definition) is 16. The number of amides is 8. The van der Waals surface area contributed by atoms with Gasteiger partial charge in [-0.05, 0) is 101 Å². The van der Waals surface area contributed by atoms with E-state index in [1.54, 1.807) is 44.3 Å². The zero-order valence-electron chi connectivity index (χ0n) is 46.2. The lowest BCUT2D eigenvalue weighted by molar-refractivity contribution is -0.142. The Morgan fingerprint density at radius 1 is 0.700 bits per heavy atom. The van der Waals surface area contributed by atoms with Gasteiger partial charge in [0.25, 0.3) is 0 Å². The number of aliphatic hydroxyl groups is 2. The minimum Gasteiger partial charge on any atom is -0.481 e. The quantitative estimate of drug-likeness (QED) is 0.0186. The van der Waals surface area contributed by atoms with Crippen molar-refractivity contribution < 1.29 is 68.4 Å². The molecule has 10 atom stereocenters. The van der Waals surface area contributed by atoms with Gasteiger partial charge in [-0.25, -0.2) is 4.79 Å². The van der Waals surface area contributed by atoms with Crippen molar-refractivity contribution in [2.45, 2.75) is 172 Å². The average molecular weight is 1130 g/mol. The Bertz CT molecular complexity index is 2460. The van der Waals surface area contributed by atoms with Crippen LogP contribution in [-0.2, 0) is 54.4 Å². The van der Waals surface area contributed by atoms with Crippen LogP contribution >= 0.6 is 0 Å². The summed E-state index contributed by atoms with van der Waals surface area (Å²) in [4.78, 5) is 144. The molecule has 0 aliphatic carbocycles. The summed E-state index contributed by atoms with van der Waals surface area (Å²) >= 11 is 0. The van der Waals surface area contributed by atoms with Crippen molar-refractivity contribution in [3.05, 3.63) is 36.0 Å². The maximum atomic E-state index is 14.6. The normalized spacial score (nSPS) is 16.6. The number of aliphatic imine (C=N–C) groups is 1. The number of unbranched alkanes of at least 4 members (excludes halogenated alkanes) is 1. The number of carbonyl (C=O) groups is 10. The number of H-pyrrole nitrogens is 1. The number of carbonyl (C=O) groups excluding carboxylic acids is 8. The van der Waals surface area contributed by atoms with E-state index < -0.39 is 139 Å². The molecule has 446 valence electrons. The molecule has 1 aliphatic rings. The second-order valence-corrected chi connectivity index (χ2v) is 20.9. The molecule has 1 fully saturated rings. The van der Waals surface area contributed by atoms with Crippen LogP contribution in [0.2, 0.25) is 0 Å². The second-order valence-electron chi connectivity index (χ2n) is 20.9. The molecule has 2 aromatic rings. The van der Waals surface area contributed by atoms with Crippen LogP contribution in [0.15, 0.2) is 35.5 Å². The number of likely N-dealkylation sites (tertiary alicyclic amines) is 1.